The smallest absolute Gasteiger partial charge is 0.264 e. The Morgan fingerprint density at radius 2 is 2.27 bits per heavy atom. The number of nitrogens with zero attached hydrogens (tertiary/aromatic N) is 1. The summed E-state index contributed by atoms with van der Waals surface area (Å²) in [6.45, 7) is 3.60. The van der Waals surface area contributed by atoms with Crippen LogP contribution in [-0.2, 0) is 16.5 Å². The maximum Gasteiger partial charge on any atom is 0.264 e. The normalized spacial score (nSPS) is 10.7. The fourth-order valence-electron chi connectivity index (χ4n) is 1.17. The summed E-state index contributed by atoms with van der Waals surface area (Å²) in [4.78, 5) is 2.96. The summed E-state index contributed by atoms with van der Waals surface area (Å²) in [5.74, 6) is 0.645. The van der Waals surface area contributed by atoms with Gasteiger partial charge in [0.25, 0.3) is 15.9 Å². The van der Waals surface area contributed by atoms with Gasteiger partial charge in [0.1, 0.15) is 12.4 Å². The zero-order valence-corrected chi connectivity index (χ0v) is 10.5. The number of nitrogens with one attached hydrogen (secondary N) is 1. The molecule has 0 aromatic carbocycles. The van der Waals surface area contributed by atoms with Crippen LogP contribution in [0, 0.1) is 0 Å². The van der Waals surface area contributed by atoms with Crippen molar-refractivity contribution in [2.75, 3.05) is 5.75 Å². The standard InChI is InChI=1S/C8H12N2O3S.BrH/c1-2-10-6-5-9-8(10)4-3-7-14(11,12)13;/h2,5-6H,1,3-4,7H2,(H,11,12,13);1H. The molecule has 0 spiro atoms. The highest BCUT2D eigenvalue weighted by Gasteiger charge is 2.10. The van der Waals surface area contributed by atoms with Crippen LogP contribution in [0.25, 0.3) is 6.20 Å². The summed E-state index contributed by atoms with van der Waals surface area (Å²) >= 11 is 0. The number of aromatic amines is 1. The second-order valence-electron chi connectivity index (χ2n) is 2.89. The molecule has 0 aliphatic heterocycles. The van der Waals surface area contributed by atoms with Gasteiger partial charge in [-0.2, -0.15) is 8.42 Å². The largest absolute Gasteiger partial charge is 1.00 e. The van der Waals surface area contributed by atoms with E-state index in [9.17, 15) is 8.42 Å². The molecule has 2 N–H and O–H groups in total. The van der Waals surface area contributed by atoms with Crippen LogP contribution in [0.15, 0.2) is 19.0 Å². The van der Waals surface area contributed by atoms with Crippen LogP contribution in [-0.4, -0.2) is 23.7 Å². The molecule has 86 valence electrons. The topological polar surface area (TPSA) is 74.0 Å². The fraction of sp³-hybridized carbons (Fsp3) is 0.375. The van der Waals surface area contributed by atoms with Gasteiger partial charge in [-0.3, -0.25) is 4.55 Å². The molecule has 0 bridgehead atoms. The summed E-state index contributed by atoms with van der Waals surface area (Å²) in [6.07, 6.45) is 6.09. The lowest BCUT2D eigenvalue weighted by Crippen LogP contribution is -3.00. The van der Waals surface area contributed by atoms with Gasteiger partial charge in [-0.1, -0.05) is 6.58 Å². The summed E-state index contributed by atoms with van der Waals surface area (Å²) in [6, 6.07) is 0. The van der Waals surface area contributed by atoms with E-state index in [1.807, 2.05) is 0 Å². The maximum atomic E-state index is 10.4. The number of aryl methyl sites for hydroxylation is 1. The van der Waals surface area contributed by atoms with Crippen LogP contribution in [0.4, 0.5) is 0 Å². The van der Waals surface area contributed by atoms with E-state index in [2.05, 4.69) is 11.6 Å². The van der Waals surface area contributed by atoms with E-state index in [1.54, 1.807) is 23.2 Å². The highest BCUT2D eigenvalue weighted by Crippen LogP contribution is 1.96. The minimum atomic E-state index is -3.85. The molecule has 0 unspecified atom stereocenters. The molecule has 15 heavy (non-hydrogen) atoms. The van der Waals surface area contributed by atoms with Gasteiger partial charge in [-0.05, 0) is 6.42 Å². The third-order valence-corrected chi connectivity index (χ3v) is 2.61. The van der Waals surface area contributed by atoms with Crippen molar-refractivity contribution in [3.05, 3.63) is 24.8 Å². The van der Waals surface area contributed by atoms with E-state index >= 15 is 0 Å². The average molecular weight is 297 g/mol. The van der Waals surface area contributed by atoms with Gasteiger partial charge in [0, 0.05) is 0 Å². The molecule has 7 heteroatoms. The minimum absolute atomic E-state index is 0. The zero-order chi connectivity index (χ0) is 10.6. The molecule has 1 rings (SSSR count). The second kappa shape index (κ2) is 6.04. The molecule has 0 atom stereocenters. The van der Waals surface area contributed by atoms with Crippen molar-refractivity contribution in [3.63, 3.8) is 0 Å². The molecule has 0 amide bonds. The Kier molecular flexibility index (Phi) is 5.77. The first-order valence-corrected chi connectivity index (χ1v) is 5.79. The van der Waals surface area contributed by atoms with Crippen LogP contribution in [0.1, 0.15) is 12.2 Å². The Balaban J connectivity index is 0.00000196. The van der Waals surface area contributed by atoms with E-state index in [4.69, 9.17) is 4.55 Å². The summed E-state index contributed by atoms with van der Waals surface area (Å²) in [5.41, 5.74) is 0. The molecule has 1 aromatic heterocycles. The number of halogens is 1. The van der Waals surface area contributed by atoms with Crippen molar-refractivity contribution in [2.45, 2.75) is 12.8 Å². The van der Waals surface area contributed by atoms with E-state index in [-0.39, 0.29) is 22.7 Å². The van der Waals surface area contributed by atoms with Crippen molar-refractivity contribution in [3.8, 4) is 0 Å². The SMILES string of the molecule is C=C[n+]1cc[nH]c1CCCS(=O)(=O)O.[Br-]. The third-order valence-electron chi connectivity index (χ3n) is 1.81. The van der Waals surface area contributed by atoms with Gasteiger partial charge < -0.3 is 17.0 Å². The second-order valence-corrected chi connectivity index (χ2v) is 4.46. The van der Waals surface area contributed by atoms with Gasteiger partial charge in [0.15, 0.2) is 0 Å². The lowest BCUT2D eigenvalue weighted by Gasteiger charge is -1.95. The van der Waals surface area contributed by atoms with Gasteiger partial charge in [-0.25, -0.2) is 9.55 Å². The van der Waals surface area contributed by atoms with Gasteiger partial charge in [0.05, 0.1) is 18.4 Å². The first-order valence-electron chi connectivity index (χ1n) is 4.18. The molecule has 0 saturated carbocycles. The zero-order valence-electron chi connectivity index (χ0n) is 8.06. The number of aromatic nitrogens is 2. The molecule has 1 aromatic rings. The highest BCUT2D eigenvalue weighted by atomic mass is 79.9. The van der Waals surface area contributed by atoms with Crippen molar-refractivity contribution >= 4 is 16.3 Å². The van der Waals surface area contributed by atoms with Crippen LogP contribution < -0.4 is 21.5 Å². The van der Waals surface area contributed by atoms with Gasteiger partial charge in [0.2, 0.25) is 0 Å². The number of imidazole rings is 1. The van der Waals surface area contributed by atoms with Crippen molar-refractivity contribution in [2.24, 2.45) is 0 Å². The highest BCUT2D eigenvalue weighted by molar-refractivity contribution is 7.85. The molecule has 5 nitrogen and oxygen atoms in total. The number of hydrogen-bond acceptors (Lipinski definition) is 2. The monoisotopic (exact) mass is 296 g/mol. The molecule has 0 aliphatic carbocycles. The van der Waals surface area contributed by atoms with E-state index in [1.165, 1.54) is 0 Å². The molecular formula is C8H13BrN2O3S. The molecule has 0 aliphatic rings. The Labute approximate surface area is 99.3 Å². The van der Waals surface area contributed by atoms with E-state index < -0.39 is 10.1 Å². The van der Waals surface area contributed by atoms with Gasteiger partial charge >= 0.3 is 0 Å². The molecule has 0 fully saturated rings. The summed E-state index contributed by atoms with van der Waals surface area (Å²) in [7, 11) is -3.85. The van der Waals surface area contributed by atoms with Gasteiger partial charge in [-0.15, -0.1) is 0 Å². The first kappa shape index (κ1) is 14.3. The maximum absolute atomic E-state index is 10.4. The summed E-state index contributed by atoms with van der Waals surface area (Å²) in [5, 5.41) is 0. The Bertz CT molecular complexity index is 413. The van der Waals surface area contributed by atoms with E-state index in [0.717, 1.165) is 5.82 Å². The Morgan fingerprint density at radius 3 is 2.80 bits per heavy atom. The quantitative estimate of drug-likeness (QED) is 0.456. The molecule has 0 radical (unpaired) electrons. The van der Waals surface area contributed by atoms with Crippen LogP contribution in [0.5, 0.6) is 0 Å². The predicted octanol–water partition coefficient (Wildman–Crippen LogP) is -2.77. The third kappa shape index (κ3) is 5.10. The van der Waals surface area contributed by atoms with Crippen LogP contribution in [0.3, 0.4) is 0 Å². The average Bonchev–Trinajstić information content (AvgIpc) is 2.49. The molecule has 0 saturated heterocycles. The number of hydrogen-bond donors (Lipinski definition) is 2. The fourth-order valence-corrected chi connectivity index (χ4v) is 1.68. The Morgan fingerprint density at radius 1 is 1.60 bits per heavy atom. The van der Waals surface area contributed by atoms with Crippen LogP contribution in [0.2, 0.25) is 0 Å². The lowest BCUT2D eigenvalue weighted by molar-refractivity contribution is -0.575. The van der Waals surface area contributed by atoms with E-state index in [0.29, 0.717) is 12.8 Å². The lowest BCUT2D eigenvalue weighted by atomic mass is 10.3. The summed E-state index contributed by atoms with van der Waals surface area (Å²) < 4.78 is 31.1. The van der Waals surface area contributed by atoms with Crippen molar-refractivity contribution < 1.29 is 34.5 Å². The number of H-pyrrole nitrogens is 1. The number of rotatable bonds is 5. The van der Waals surface area contributed by atoms with Crippen LogP contribution >= 0.6 is 0 Å². The van der Waals surface area contributed by atoms with Crippen molar-refractivity contribution in [1.82, 2.24) is 4.98 Å². The molecular weight excluding hydrogens is 284 g/mol. The van der Waals surface area contributed by atoms with Crippen molar-refractivity contribution in [1.29, 1.82) is 0 Å². The minimum Gasteiger partial charge on any atom is -1.00 e. The Hall–Kier alpha value is -0.660. The first-order chi connectivity index (χ1) is 6.53. The molecule has 1 heterocycles. The predicted molar refractivity (Wildman–Crippen MR) is 52.1 cm³/mol.